The number of hydrogen-bond acceptors (Lipinski definition) is 3. The lowest BCUT2D eigenvalue weighted by Crippen LogP contribution is -2.47. The van der Waals surface area contributed by atoms with E-state index in [0.717, 1.165) is 32.8 Å². The second-order valence-corrected chi connectivity index (χ2v) is 5.25. The van der Waals surface area contributed by atoms with Gasteiger partial charge in [0.15, 0.2) is 0 Å². The summed E-state index contributed by atoms with van der Waals surface area (Å²) in [6.45, 7) is 7.40. The molecule has 1 aliphatic rings. The summed E-state index contributed by atoms with van der Waals surface area (Å²) < 4.78 is 5.20. The first-order chi connectivity index (χ1) is 8.74. The molecular formula is C15H24N2O. The first-order valence-electron chi connectivity index (χ1n) is 6.76. The van der Waals surface area contributed by atoms with Gasteiger partial charge < -0.3 is 10.1 Å². The zero-order chi connectivity index (χ0) is 12.8. The summed E-state index contributed by atoms with van der Waals surface area (Å²) in [5.41, 5.74) is 1.42. The number of benzene rings is 1. The summed E-state index contributed by atoms with van der Waals surface area (Å²) in [6, 6.07) is 10.7. The third-order valence-electron chi connectivity index (χ3n) is 3.73. The van der Waals surface area contributed by atoms with Gasteiger partial charge in [0, 0.05) is 20.2 Å². The highest BCUT2D eigenvalue weighted by Gasteiger charge is 2.30. The molecule has 1 aromatic carbocycles. The van der Waals surface area contributed by atoms with E-state index in [1.54, 1.807) is 7.11 Å². The van der Waals surface area contributed by atoms with Gasteiger partial charge in [0.1, 0.15) is 0 Å². The van der Waals surface area contributed by atoms with E-state index in [1.807, 2.05) is 0 Å². The van der Waals surface area contributed by atoms with Gasteiger partial charge in [0.2, 0.25) is 0 Å². The molecule has 0 saturated carbocycles. The van der Waals surface area contributed by atoms with Crippen molar-refractivity contribution >= 4 is 0 Å². The van der Waals surface area contributed by atoms with Crippen LogP contribution in [0.5, 0.6) is 0 Å². The molecule has 3 heteroatoms. The molecule has 0 radical (unpaired) electrons. The number of rotatable bonds is 4. The van der Waals surface area contributed by atoms with Crippen molar-refractivity contribution in [3.05, 3.63) is 35.9 Å². The van der Waals surface area contributed by atoms with Gasteiger partial charge in [-0.1, -0.05) is 30.3 Å². The maximum Gasteiger partial charge on any atom is 0.0589 e. The van der Waals surface area contributed by atoms with Crippen LogP contribution in [-0.2, 0) is 10.3 Å². The minimum atomic E-state index is 0.0471. The van der Waals surface area contributed by atoms with Gasteiger partial charge in [0.05, 0.1) is 12.1 Å². The average molecular weight is 248 g/mol. The normalized spacial score (nSPS) is 25.9. The molecule has 0 aliphatic carbocycles. The Hall–Kier alpha value is -0.900. The van der Waals surface area contributed by atoms with Crippen LogP contribution in [0.25, 0.3) is 0 Å². The Labute approximate surface area is 110 Å². The molecule has 0 spiro atoms. The van der Waals surface area contributed by atoms with Crippen LogP contribution in [0.4, 0.5) is 0 Å². The molecule has 0 bridgehead atoms. The van der Waals surface area contributed by atoms with Crippen LogP contribution in [-0.4, -0.2) is 44.8 Å². The summed E-state index contributed by atoms with van der Waals surface area (Å²) in [4.78, 5) is 2.50. The minimum absolute atomic E-state index is 0.0471. The molecule has 1 unspecified atom stereocenters. The van der Waals surface area contributed by atoms with Crippen molar-refractivity contribution < 1.29 is 4.74 Å². The Kier molecular flexibility index (Phi) is 4.75. The molecule has 0 aromatic heterocycles. The fourth-order valence-electron chi connectivity index (χ4n) is 2.66. The summed E-state index contributed by atoms with van der Waals surface area (Å²) in [6.07, 6.45) is 1.20. The predicted molar refractivity (Wildman–Crippen MR) is 74.7 cm³/mol. The fraction of sp³-hybridized carbons (Fsp3) is 0.600. The lowest BCUT2D eigenvalue weighted by atomic mass is 9.91. The summed E-state index contributed by atoms with van der Waals surface area (Å²) >= 11 is 0. The van der Waals surface area contributed by atoms with Crippen LogP contribution in [0, 0.1) is 0 Å². The Morgan fingerprint density at radius 2 is 2.11 bits per heavy atom. The summed E-state index contributed by atoms with van der Waals surface area (Å²) in [7, 11) is 1.77. The molecule has 1 saturated heterocycles. The van der Waals surface area contributed by atoms with E-state index in [4.69, 9.17) is 4.74 Å². The zero-order valence-electron chi connectivity index (χ0n) is 11.5. The number of ether oxygens (including phenoxy) is 1. The SMILES string of the molecule is COCCN1CCCNC(C)(c2ccccc2)C1. The lowest BCUT2D eigenvalue weighted by molar-refractivity contribution is 0.135. The van der Waals surface area contributed by atoms with Crippen molar-refractivity contribution in [2.75, 3.05) is 39.9 Å². The van der Waals surface area contributed by atoms with Gasteiger partial charge >= 0.3 is 0 Å². The van der Waals surface area contributed by atoms with E-state index >= 15 is 0 Å². The summed E-state index contributed by atoms with van der Waals surface area (Å²) in [5.74, 6) is 0. The van der Waals surface area contributed by atoms with Gasteiger partial charge in [-0.15, -0.1) is 0 Å². The number of methoxy groups -OCH3 is 1. The Balaban J connectivity index is 2.10. The highest BCUT2D eigenvalue weighted by Crippen LogP contribution is 2.23. The molecule has 3 nitrogen and oxygen atoms in total. The van der Waals surface area contributed by atoms with E-state index in [9.17, 15) is 0 Å². The molecule has 1 aromatic rings. The van der Waals surface area contributed by atoms with E-state index < -0.39 is 0 Å². The molecule has 1 aliphatic heterocycles. The molecule has 1 heterocycles. The zero-order valence-corrected chi connectivity index (χ0v) is 11.5. The molecule has 1 fully saturated rings. The van der Waals surface area contributed by atoms with Crippen molar-refractivity contribution in [1.82, 2.24) is 10.2 Å². The van der Waals surface area contributed by atoms with E-state index in [1.165, 1.54) is 12.0 Å². The second-order valence-electron chi connectivity index (χ2n) is 5.25. The highest BCUT2D eigenvalue weighted by molar-refractivity contribution is 5.24. The van der Waals surface area contributed by atoms with E-state index in [-0.39, 0.29) is 5.54 Å². The summed E-state index contributed by atoms with van der Waals surface area (Å²) in [5, 5.41) is 3.70. The first-order valence-corrected chi connectivity index (χ1v) is 6.76. The van der Waals surface area contributed by atoms with Crippen molar-refractivity contribution in [2.24, 2.45) is 0 Å². The van der Waals surface area contributed by atoms with Gasteiger partial charge in [-0.3, -0.25) is 4.90 Å². The predicted octanol–water partition coefficient (Wildman–Crippen LogP) is 1.84. The fourth-order valence-corrected chi connectivity index (χ4v) is 2.66. The maximum absolute atomic E-state index is 5.20. The van der Waals surface area contributed by atoms with Crippen LogP contribution < -0.4 is 5.32 Å². The molecular weight excluding hydrogens is 224 g/mol. The van der Waals surface area contributed by atoms with Crippen LogP contribution in [0.3, 0.4) is 0 Å². The van der Waals surface area contributed by atoms with Gasteiger partial charge in [-0.25, -0.2) is 0 Å². The van der Waals surface area contributed by atoms with E-state index in [2.05, 4.69) is 47.5 Å². The smallest absolute Gasteiger partial charge is 0.0589 e. The van der Waals surface area contributed by atoms with Gasteiger partial charge in [-0.05, 0) is 32.0 Å². The van der Waals surface area contributed by atoms with Crippen LogP contribution in [0.2, 0.25) is 0 Å². The van der Waals surface area contributed by atoms with Gasteiger partial charge in [0.25, 0.3) is 0 Å². The molecule has 18 heavy (non-hydrogen) atoms. The molecule has 2 rings (SSSR count). The molecule has 100 valence electrons. The van der Waals surface area contributed by atoms with Crippen molar-refractivity contribution in [1.29, 1.82) is 0 Å². The second kappa shape index (κ2) is 6.32. The monoisotopic (exact) mass is 248 g/mol. The largest absolute Gasteiger partial charge is 0.383 e. The third kappa shape index (κ3) is 3.31. The number of nitrogens with zero attached hydrogens (tertiary/aromatic N) is 1. The Morgan fingerprint density at radius 1 is 1.33 bits per heavy atom. The topological polar surface area (TPSA) is 24.5 Å². The Bertz CT molecular complexity index is 355. The first kappa shape index (κ1) is 13.5. The third-order valence-corrected chi connectivity index (χ3v) is 3.73. The molecule has 1 N–H and O–H groups in total. The van der Waals surface area contributed by atoms with Gasteiger partial charge in [-0.2, -0.15) is 0 Å². The van der Waals surface area contributed by atoms with Crippen molar-refractivity contribution in [2.45, 2.75) is 18.9 Å². The van der Waals surface area contributed by atoms with Crippen molar-refractivity contribution in [3.8, 4) is 0 Å². The highest BCUT2D eigenvalue weighted by atomic mass is 16.5. The minimum Gasteiger partial charge on any atom is -0.383 e. The maximum atomic E-state index is 5.20. The quantitative estimate of drug-likeness (QED) is 0.880. The average Bonchev–Trinajstić information content (AvgIpc) is 2.60. The van der Waals surface area contributed by atoms with Crippen molar-refractivity contribution in [3.63, 3.8) is 0 Å². The van der Waals surface area contributed by atoms with E-state index in [0.29, 0.717) is 0 Å². The molecule has 0 amide bonds. The lowest BCUT2D eigenvalue weighted by Gasteiger charge is -2.34. The van der Waals surface area contributed by atoms with Crippen LogP contribution >= 0.6 is 0 Å². The number of hydrogen-bond donors (Lipinski definition) is 1. The van der Waals surface area contributed by atoms with Crippen LogP contribution in [0.15, 0.2) is 30.3 Å². The number of nitrogens with one attached hydrogen (secondary N) is 1. The molecule has 1 atom stereocenters. The Morgan fingerprint density at radius 3 is 2.83 bits per heavy atom. The standard InChI is InChI=1S/C15H24N2O/c1-15(14-7-4-3-5-8-14)13-17(11-12-18-2)10-6-9-16-15/h3-5,7-8,16H,6,9-13H2,1-2H3. The van der Waals surface area contributed by atoms with Crippen LogP contribution in [0.1, 0.15) is 18.9 Å².